The summed E-state index contributed by atoms with van der Waals surface area (Å²) in [5.41, 5.74) is 1.24. The number of benzene rings is 2. The standard InChI is InChI=1S/C17H12ClNO4/c18-12-2-1-3-13(9-12)19-16(22)8-11(17(19)23)6-10-4-5-14(20)15(21)7-10/h1-7,9,20-21H,8H2/b11-6+. The fraction of sp³-hybridized carbons (Fsp3) is 0.0588. The van der Waals surface area contributed by atoms with Gasteiger partial charge in [0.2, 0.25) is 5.91 Å². The van der Waals surface area contributed by atoms with Gasteiger partial charge in [0.15, 0.2) is 11.5 Å². The first-order valence-electron chi connectivity index (χ1n) is 6.81. The van der Waals surface area contributed by atoms with Gasteiger partial charge in [-0.1, -0.05) is 23.7 Å². The molecule has 5 nitrogen and oxygen atoms in total. The summed E-state index contributed by atoms with van der Waals surface area (Å²) in [5.74, 6) is -1.30. The lowest BCUT2D eigenvalue weighted by atomic mass is 10.1. The second-order valence-electron chi connectivity index (χ2n) is 5.11. The molecular weight excluding hydrogens is 318 g/mol. The fourth-order valence-corrected chi connectivity index (χ4v) is 2.58. The maximum atomic E-state index is 12.5. The molecule has 0 aliphatic carbocycles. The number of amides is 2. The van der Waals surface area contributed by atoms with E-state index in [2.05, 4.69) is 0 Å². The molecule has 2 N–H and O–H groups in total. The zero-order chi connectivity index (χ0) is 16.6. The summed E-state index contributed by atoms with van der Waals surface area (Å²) in [5, 5.41) is 19.2. The highest BCUT2D eigenvalue weighted by atomic mass is 35.5. The van der Waals surface area contributed by atoms with E-state index in [-0.39, 0.29) is 23.8 Å². The fourth-order valence-electron chi connectivity index (χ4n) is 2.40. The van der Waals surface area contributed by atoms with E-state index in [0.29, 0.717) is 21.8 Å². The van der Waals surface area contributed by atoms with Gasteiger partial charge in [-0.15, -0.1) is 0 Å². The molecule has 6 heteroatoms. The highest BCUT2D eigenvalue weighted by molar-refractivity contribution is 6.32. The molecule has 0 unspecified atom stereocenters. The molecule has 0 aromatic heterocycles. The van der Waals surface area contributed by atoms with Crippen molar-refractivity contribution in [2.45, 2.75) is 6.42 Å². The van der Waals surface area contributed by atoms with Crippen LogP contribution in [0.3, 0.4) is 0 Å². The van der Waals surface area contributed by atoms with Crippen molar-refractivity contribution in [2.75, 3.05) is 4.90 Å². The number of rotatable bonds is 2. The maximum absolute atomic E-state index is 12.5. The molecule has 23 heavy (non-hydrogen) atoms. The molecule has 1 fully saturated rings. The van der Waals surface area contributed by atoms with Crippen molar-refractivity contribution in [3.8, 4) is 11.5 Å². The maximum Gasteiger partial charge on any atom is 0.261 e. The topological polar surface area (TPSA) is 77.8 Å². The normalized spacial score (nSPS) is 16.4. The van der Waals surface area contributed by atoms with Crippen molar-refractivity contribution in [1.82, 2.24) is 0 Å². The minimum absolute atomic E-state index is 0.0347. The third-order valence-corrected chi connectivity index (χ3v) is 3.71. The number of carbonyl (C=O) groups is 2. The third kappa shape index (κ3) is 2.91. The van der Waals surface area contributed by atoms with Gasteiger partial charge in [-0.05, 0) is 42.0 Å². The first kappa shape index (κ1) is 15.1. The highest BCUT2D eigenvalue weighted by Gasteiger charge is 2.34. The quantitative estimate of drug-likeness (QED) is 0.504. The molecule has 3 rings (SSSR count). The Labute approximate surface area is 137 Å². The second-order valence-corrected chi connectivity index (χ2v) is 5.55. The van der Waals surface area contributed by atoms with E-state index >= 15 is 0 Å². The molecule has 1 saturated heterocycles. The van der Waals surface area contributed by atoms with Gasteiger partial charge in [-0.2, -0.15) is 0 Å². The molecule has 1 aliphatic rings. The Balaban J connectivity index is 1.94. The van der Waals surface area contributed by atoms with Crippen LogP contribution in [0.1, 0.15) is 12.0 Å². The Bertz CT molecular complexity index is 844. The molecule has 0 bridgehead atoms. The highest BCUT2D eigenvalue weighted by Crippen LogP contribution is 2.31. The van der Waals surface area contributed by atoms with E-state index in [9.17, 15) is 19.8 Å². The predicted molar refractivity (Wildman–Crippen MR) is 86.3 cm³/mol. The SMILES string of the molecule is O=C1C/C(=C\c2ccc(O)c(O)c2)C(=O)N1c1cccc(Cl)c1. The van der Waals surface area contributed by atoms with Crippen molar-refractivity contribution in [2.24, 2.45) is 0 Å². The van der Waals surface area contributed by atoms with Crippen LogP contribution in [-0.2, 0) is 9.59 Å². The van der Waals surface area contributed by atoms with Gasteiger partial charge in [0.1, 0.15) is 0 Å². The van der Waals surface area contributed by atoms with E-state index in [1.54, 1.807) is 30.3 Å². The van der Waals surface area contributed by atoms with E-state index in [1.165, 1.54) is 18.2 Å². The molecule has 2 aromatic carbocycles. The van der Waals surface area contributed by atoms with Gasteiger partial charge in [-0.3, -0.25) is 9.59 Å². The van der Waals surface area contributed by atoms with E-state index in [4.69, 9.17) is 11.6 Å². The number of imide groups is 1. The molecule has 0 saturated carbocycles. The molecular formula is C17H12ClNO4. The van der Waals surface area contributed by atoms with Crippen LogP contribution in [0.2, 0.25) is 5.02 Å². The van der Waals surface area contributed by atoms with Crippen molar-refractivity contribution in [3.63, 3.8) is 0 Å². The summed E-state index contributed by atoms with van der Waals surface area (Å²) in [7, 11) is 0. The van der Waals surface area contributed by atoms with Gasteiger partial charge in [0.25, 0.3) is 5.91 Å². The lowest BCUT2D eigenvalue weighted by molar-refractivity contribution is -0.120. The number of aromatic hydroxyl groups is 2. The summed E-state index contributed by atoms with van der Waals surface area (Å²) >= 11 is 5.90. The zero-order valence-corrected chi connectivity index (χ0v) is 12.6. The number of phenols is 2. The van der Waals surface area contributed by atoms with Crippen LogP contribution in [0.5, 0.6) is 11.5 Å². The van der Waals surface area contributed by atoms with E-state index < -0.39 is 5.91 Å². The Kier molecular flexibility index (Phi) is 3.80. The molecule has 116 valence electrons. The van der Waals surface area contributed by atoms with Crippen LogP contribution in [0.4, 0.5) is 5.69 Å². The number of phenolic OH excluding ortho intramolecular Hbond substituents is 2. The van der Waals surface area contributed by atoms with Crippen LogP contribution in [0.15, 0.2) is 48.0 Å². The molecule has 0 spiro atoms. The third-order valence-electron chi connectivity index (χ3n) is 3.48. The summed E-state index contributed by atoms with van der Waals surface area (Å²) in [4.78, 5) is 25.7. The Morgan fingerprint density at radius 1 is 1.04 bits per heavy atom. The minimum atomic E-state index is -0.426. The van der Waals surface area contributed by atoms with Crippen LogP contribution < -0.4 is 4.90 Å². The number of nitrogens with zero attached hydrogens (tertiary/aromatic N) is 1. The molecule has 0 radical (unpaired) electrons. The van der Waals surface area contributed by atoms with E-state index in [1.807, 2.05) is 0 Å². The molecule has 2 aromatic rings. The number of halogens is 1. The van der Waals surface area contributed by atoms with Crippen molar-refractivity contribution in [1.29, 1.82) is 0 Å². The Morgan fingerprint density at radius 3 is 2.52 bits per heavy atom. The van der Waals surface area contributed by atoms with Gasteiger partial charge in [0.05, 0.1) is 12.1 Å². The Hall–Kier alpha value is -2.79. The van der Waals surface area contributed by atoms with Crippen LogP contribution in [0, 0.1) is 0 Å². The van der Waals surface area contributed by atoms with Crippen LogP contribution in [-0.4, -0.2) is 22.0 Å². The number of hydrogen-bond donors (Lipinski definition) is 2. The molecule has 1 heterocycles. The summed E-state index contributed by atoms with van der Waals surface area (Å²) in [6, 6.07) is 10.7. The summed E-state index contributed by atoms with van der Waals surface area (Å²) in [6.07, 6.45) is 1.48. The smallest absolute Gasteiger partial charge is 0.261 e. The lowest BCUT2D eigenvalue weighted by Crippen LogP contribution is -2.28. The summed E-state index contributed by atoms with van der Waals surface area (Å²) < 4.78 is 0. The first-order valence-corrected chi connectivity index (χ1v) is 7.19. The minimum Gasteiger partial charge on any atom is -0.504 e. The van der Waals surface area contributed by atoms with Gasteiger partial charge in [0, 0.05) is 10.6 Å². The van der Waals surface area contributed by atoms with Crippen molar-refractivity contribution >= 4 is 35.2 Å². The summed E-state index contributed by atoms with van der Waals surface area (Å²) in [6.45, 7) is 0. The predicted octanol–water partition coefficient (Wildman–Crippen LogP) is 3.10. The number of anilines is 1. The van der Waals surface area contributed by atoms with Gasteiger partial charge >= 0.3 is 0 Å². The van der Waals surface area contributed by atoms with Crippen LogP contribution >= 0.6 is 11.6 Å². The molecule has 0 atom stereocenters. The number of hydrogen-bond acceptors (Lipinski definition) is 4. The van der Waals surface area contributed by atoms with Crippen molar-refractivity contribution < 1.29 is 19.8 Å². The average molecular weight is 330 g/mol. The monoisotopic (exact) mass is 329 g/mol. The van der Waals surface area contributed by atoms with Crippen molar-refractivity contribution in [3.05, 3.63) is 58.6 Å². The first-order chi connectivity index (χ1) is 11.0. The number of carbonyl (C=O) groups excluding carboxylic acids is 2. The average Bonchev–Trinajstić information content (AvgIpc) is 2.77. The Morgan fingerprint density at radius 2 is 1.83 bits per heavy atom. The van der Waals surface area contributed by atoms with Crippen LogP contribution in [0.25, 0.3) is 6.08 Å². The lowest BCUT2D eigenvalue weighted by Gasteiger charge is -2.13. The van der Waals surface area contributed by atoms with Gasteiger partial charge in [-0.25, -0.2) is 4.90 Å². The second kappa shape index (κ2) is 5.78. The molecule has 2 amide bonds. The van der Waals surface area contributed by atoms with Gasteiger partial charge < -0.3 is 10.2 Å². The van der Waals surface area contributed by atoms with E-state index in [0.717, 1.165) is 4.90 Å². The largest absolute Gasteiger partial charge is 0.504 e. The zero-order valence-electron chi connectivity index (χ0n) is 11.9. The molecule has 1 aliphatic heterocycles.